The third-order valence-electron chi connectivity index (χ3n) is 4.08. The summed E-state index contributed by atoms with van der Waals surface area (Å²) in [6, 6.07) is 4.68. The summed E-state index contributed by atoms with van der Waals surface area (Å²) in [6.45, 7) is 1.64. The molecule has 2 fully saturated rings. The quantitative estimate of drug-likeness (QED) is 0.806. The minimum Gasteiger partial charge on any atom is -0.339 e. The molecule has 22 heavy (non-hydrogen) atoms. The number of thiophene rings is 1. The molecule has 1 saturated carbocycles. The van der Waals surface area contributed by atoms with E-state index in [1.165, 1.54) is 29.5 Å². The van der Waals surface area contributed by atoms with Crippen molar-refractivity contribution >= 4 is 29.0 Å². The lowest BCUT2D eigenvalue weighted by atomic mass is 10.3. The Hall–Kier alpha value is -1.41. The first kappa shape index (κ1) is 14.2. The molecule has 6 nitrogen and oxygen atoms in total. The lowest BCUT2D eigenvalue weighted by molar-refractivity contribution is -0.127. The second-order valence-electron chi connectivity index (χ2n) is 5.67. The Kier molecular flexibility index (Phi) is 3.87. The summed E-state index contributed by atoms with van der Waals surface area (Å²) < 4.78 is 1.82. The summed E-state index contributed by atoms with van der Waals surface area (Å²) in [6.07, 6.45) is 4.16. The third kappa shape index (κ3) is 2.89. The molecule has 0 unspecified atom stereocenters. The molecule has 0 radical (unpaired) electrons. The monoisotopic (exact) mass is 335 g/mol. The molecule has 0 aromatic carbocycles. The maximum Gasteiger partial charge on any atom is 0.236 e. The predicted octanol–water partition coefficient (Wildman–Crippen LogP) is 1.83. The molecule has 0 bridgehead atoms. The second kappa shape index (κ2) is 6.00. The summed E-state index contributed by atoms with van der Waals surface area (Å²) >= 11 is 3.26. The Labute approximate surface area is 136 Å². The molecule has 0 N–H and O–H groups in total. The van der Waals surface area contributed by atoms with Gasteiger partial charge in [-0.3, -0.25) is 4.79 Å². The highest BCUT2D eigenvalue weighted by Gasteiger charge is 2.41. The Morgan fingerprint density at radius 2 is 2.27 bits per heavy atom. The van der Waals surface area contributed by atoms with Crippen molar-refractivity contribution in [1.29, 1.82) is 0 Å². The van der Waals surface area contributed by atoms with Crippen LogP contribution in [0.5, 0.6) is 0 Å². The van der Waals surface area contributed by atoms with Gasteiger partial charge in [0.1, 0.15) is 0 Å². The summed E-state index contributed by atoms with van der Waals surface area (Å²) in [5.41, 5.74) is 0. The van der Waals surface area contributed by atoms with E-state index in [9.17, 15) is 4.79 Å². The molecule has 1 aliphatic heterocycles. The van der Waals surface area contributed by atoms with Crippen LogP contribution in [0.1, 0.15) is 24.1 Å². The molecule has 1 aliphatic carbocycles. The average Bonchev–Trinajstić information content (AvgIpc) is 2.92. The first-order valence-electron chi connectivity index (χ1n) is 7.57. The van der Waals surface area contributed by atoms with Gasteiger partial charge in [0.25, 0.3) is 0 Å². The number of rotatable bonds is 6. The van der Waals surface area contributed by atoms with Crippen molar-refractivity contribution in [2.24, 2.45) is 0 Å². The van der Waals surface area contributed by atoms with Gasteiger partial charge >= 0.3 is 0 Å². The fourth-order valence-corrected chi connectivity index (χ4v) is 4.50. The molecule has 0 spiro atoms. The van der Waals surface area contributed by atoms with Crippen LogP contribution in [0.3, 0.4) is 0 Å². The lowest BCUT2D eigenvalue weighted by Crippen LogP contribution is -2.30. The largest absolute Gasteiger partial charge is 0.339 e. The number of likely N-dealkylation sites (tertiary alicyclic amines) is 1. The minimum absolute atomic E-state index is 0.0212. The molecule has 1 amide bonds. The van der Waals surface area contributed by atoms with E-state index in [1.54, 1.807) is 11.3 Å². The Bertz CT molecular complexity index is 652. The first-order chi connectivity index (χ1) is 10.8. The van der Waals surface area contributed by atoms with Crippen LogP contribution < -0.4 is 0 Å². The molecular weight excluding hydrogens is 318 g/mol. The van der Waals surface area contributed by atoms with Crippen molar-refractivity contribution in [3.63, 3.8) is 0 Å². The Morgan fingerprint density at radius 1 is 1.36 bits per heavy atom. The van der Waals surface area contributed by atoms with Crippen LogP contribution in [-0.4, -0.2) is 48.9 Å². The number of carbonyl (C=O) groups is 1. The van der Waals surface area contributed by atoms with Gasteiger partial charge in [0.05, 0.1) is 11.8 Å². The normalized spacial score (nSPS) is 21.7. The molecule has 2 aromatic rings. The topological polar surface area (TPSA) is 63.9 Å². The standard InChI is InChI=1S/C14H17N5OS2/c20-13-12(6-7-18(13)10-3-4-10)22-14-15-16-17-19(14)8-5-11-2-1-9-21-11/h1-2,9-10,12H,3-8H2/t12-/m0/s1. The van der Waals surface area contributed by atoms with Gasteiger partial charge in [-0.2, -0.15) is 0 Å². The number of thioether (sulfide) groups is 1. The van der Waals surface area contributed by atoms with Crippen molar-refractivity contribution in [2.45, 2.75) is 48.7 Å². The maximum absolute atomic E-state index is 12.4. The number of hydrogen-bond donors (Lipinski definition) is 0. The molecule has 3 heterocycles. The van der Waals surface area contributed by atoms with Gasteiger partial charge in [-0.05, 0) is 41.1 Å². The van der Waals surface area contributed by atoms with E-state index in [0.717, 1.165) is 31.1 Å². The zero-order valence-electron chi connectivity index (χ0n) is 12.1. The number of nitrogens with zero attached hydrogens (tertiary/aromatic N) is 5. The van der Waals surface area contributed by atoms with E-state index >= 15 is 0 Å². The van der Waals surface area contributed by atoms with Crippen LogP contribution in [0.15, 0.2) is 22.7 Å². The Morgan fingerprint density at radius 3 is 3.05 bits per heavy atom. The van der Waals surface area contributed by atoms with Gasteiger partial charge < -0.3 is 4.90 Å². The van der Waals surface area contributed by atoms with Crippen LogP contribution in [0.25, 0.3) is 0 Å². The summed E-state index contributed by atoms with van der Waals surface area (Å²) in [5.74, 6) is 0.264. The van der Waals surface area contributed by atoms with Crippen LogP contribution in [-0.2, 0) is 17.8 Å². The second-order valence-corrected chi connectivity index (χ2v) is 7.87. The highest BCUT2D eigenvalue weighted by molar-refractivity contribution is 8.00. The lowest BCUT2D eigenvalue weighted by Gasteiger charge is -2.14. The van der Waals surface area contributed by atoms with Crippen molar-refractivity contribution < 1.29 is 4.79 Å². The summed E-state index contributed by atoms with van der Waals surface area (Å²) in [5, 5.41) is 14.8. The van der Waals surface area contributed by atoms with Crippen molar-refractivity contribution in [1.82, 2.24) is 25.1 Å². The zero-order chi connectivity index (χ0) is 14.9. The van der Waals surface area contributed by atoms with E-state index in [0.29, 0.717) is 6.04 Å². The molecule has 2 aromatic heterocycles. The van der Waals surface area contributed by atoms with Crippen LogP contribution >= 0.6 is 23.1 Å². The molecule has 4 rings (SSSR count). The van der Waals surface area contributed by atoms with Gasteiger partial charge in [-0.25, -0.2) is 4.68 Å². The van der Waals surface area contributed by atoms with Gasteiger partial charge in [-0.1, -0.05) is 17.8 Å². The van der Waals surface area contributed by atoms with E-state index in [-0.39, 0.29) is 11.2 Å². The fraction of sp³-hybridized carbons (Fsp3) is 0.571. The number of carbonyl (C=O) groups excluding carboxylic acids is 1. The molecule has 116 valence electrons. The molecule has 1 atom stereocenters. The Balaban J connectivity index is 1.39. The average molecular weight is 335 g/mol. The van der Waals surface area contributed by atoms with E-state index in [1.807, 2.05) is 9.58 Å². The summed E-state index contributed by atoms with van der Waals surface area (Å²) in [4.78, 5) is 15.8. The third-order valence-corrected chi connectivity index (χ3v) is 6.24. The van der Waals surface area contributed by atoms with E-state index in [2.05, 4.69) is 33.0 Å². The highest BCUT2D eigenvalue weighted by atomic mass is 32.2. The van der Waals surface area contributed by atoms with Crippen LogP contribution in [0, 0.1) is 0 Å². The minimum atomic E-state index is -0.0212. The fourth-order valence-electron chi connectivity index (χ4n) is 2.75. The van der Waals surface area contributed by atoms with Crippen LogP contribution in [0.2, 0.25) is 0 Å². The predicted molar refractivity (Wildman–Crippen MR) is 84.8 cm³/mol. The van der Waals surface area contributed by atoms with Gasteiger partial charge in [0.2, 0.25) is 11.1 Å². The molecule has 8 heteroatoms. The maximum atomic E-state index is 12.4. The first-order valence-corrected chi connectivity index (χ1v) is 9.33. The number of amides is 1. The SMILES string of the molecule is O=C1[C@@H](Sc2nnnn2CCc2cccs2)CCN1C1CC1. The van der Waals surface area contributed by atoms with Crippen molar-refractivity contribution in [3.8, 4) is 0 Å². The number of aryl methyl sites for hydroxylation is 2. The summed E-state index contributed by atoms with van der Waals surface area (Å²) in [7, 11) is 0. The molecule has 2 aliphatic rings. The zero-order valence-corrected chi connectivity index (χ0v) is 13.7. The number of tetrazole rings is 1. The highest BCUT2D eigenvalue weighted by Crippen LogP contribution is 2.36. The van der Waals surface area contributed by atoms with E-state index in [4.69, 9.17) is 0 Å². The molecule has 1 saturated heterocycles. The van der Waals surface area contributed by atoms with Gasteiger partial charge in [-0.15, -0.1) is 16.4 Å². The van der Waals surface area contributed by atoms with Crippen molar-refractivity contribution in [3.05, 3.63) is 22.4 Å². The number of aromatic nitrogens is 4. The van der Waals surface area contributed by atoms with Crippen molar-refractivity contribution in [2.75, 3.05) is 6.54 Å². The smallest absolute Gasteiger partial charge is 0.236 e. The van der Waals surface area contributed by atoms with Gasteiger partial charge in [0, 0.05) is 23.9 Å². The van der Waals surface area contributed by atoms with Crippen LogP contribution in [0.4, 0.5) is 0 Å². The number of hydrogen-bond acceptors (Lipinski definition) is 6. The van der Waals surface area contributed by atoms with E-state index < -0.39 is 0 Å². The van der Waals surface area contributed by atoms with Gasteiger partial charge in [0.15, 0.2) is 0 Å². The molecular formula is C14H17N5OS2.